The van der Waals surface area contributed by atoms with Gasteiger partial charge in [0.2, 0.25) is 11.8 Å². The van der Waals surface area contributed by atoms with Crippen LogP contribution in [0.2, 0.25) is 0 Å². The first-order chi connectivity index (χ1) is 16.6. The maximum atomic E-state index is 12.1. The van der Waals surface area contributed by atoms with Gasteiger partial charge in [0.05, 0.1) is 21.3 Å². The van der Waals surface area contributed by atoms with E-state index in [-0.39, 0.29) is 11.4 Å². The van der Waals surface area contributed by atoms with E-state index in [1.165, 1.54) is 12.1 Å². The lowest BCUT2D eigenvalue weighted by molar-refractivity contribution is -0.385. The summed E-state index contributed by atoms with van der Waals surface area (Å²) in [6, 6.07) is 9.35. The first-order valence-electron chi connectivity index (χ1n) is 10.8. The van der Waals surface area contributed by atoms with Gasteiger partial charge in [0.15, 0.2) is 0 Å². The summed E-state index contributed by atoms with van der Waals surface area (Å²) in [7, 11) is 0. The summed E-state index contributed by atoms with van der Waals surface area (Å²) in [6.45, 7) is 6.76. The summed E-state index contributed by atoms with van der Waals surface area (Å²) >= 11 is 0. The van der Waals surface area contributed by atoms with E-state index in [2.05, 4.69) is 21.1 Å². The molecule has 35 heavy (non-hydrogen) atoms. The van der Waals surface area contributed by atoms with Crippen LogP contribution in [0.3, 0.4) is 0 Å². The smallest absolute Gasteiger partial charge is 0.273 e. The fraction of sp³-hybridized carbons (Fsp3) is 0.304. The van der Waals surface area contributed by atoms with E-state index in [4.69, 9.17) is 0 Å². The van der Waals surface area contributed by atoms with E-state index in [1.54, 1.807) is 38.1 Å². The number of nitrogens with zero attached hydrogens (tertiary/aromatic N) is 4. The number of hydrazone groups is 2. The summed E-state index contributed by atoms with van der Waals surface area (Å²) in [6.07, 6.45) is 0.431. The SMILES string of the molecule is CCc1ccc(/C(C)=N/NC(=O)CC(=O)N/N=C(\C)c2ccc(CC)c([N+](=O)[O-])c2)cc1[N+](=O)[O-]. The molecule has 0 heterocycles. The van der Waals surface area contributed by atoms with Crippen molar-refractivity contribution in [3.63, 3.8) is 0 Å². The normalized spacial score (nSPS) is 11.7. The van der Waals surface area contributed by atoms with Crippen molar-refractivity contribution in [2.24, 2.45) is 10.2 Å². The van der Waals surface area contributed by atoms with Gasteiger partial charge in [0.1, 0.15) is 6.42 Å². The largest absolute Gasteiger partial charge is 0.273 e. The Morgan fingerprint density at radius 3 is 1.46 bits per heavy atom. The number of carbonyl (C=O) groups excluding carboxylic acids is 2. The number of nitro groups is 2. The van der Waals surface area contributed by atoms with E-state index in [0.717, 1.165) is 0 Å². The van der Waals surface area contributed by atoms with Gasteiger partial charge in [-0.2, -0.15) is 10.2 Å². The molecular formula is C23H26N6O6. The predicted octanol–water partition coefficient (Wildman–Crippen LogP) is 3.40. The minimum atomic E-state index is -0.711. The molecule has 2 rings (SSSR count). The van der Waals surface area contributed by atoms with Gasteiger partial charge in [-0.1, -0.05) is 38.1 Å². The number of aryl methyl sites for hydroxylation is 2. The Labute approximate surface area is 201 Å². The van der Waals surface area contributed by atoms with Crippen molar-refractivity contribution in [3.8, 4) is 0 Å². The van der Waals surface area contributed by atoms with Crippen LogP contribution >= 0.6 is 0 Å². The van der Waals surface area contributed by atoms with Crippen LogP contribution in [-0.4, -0.2) is 33.1 Å². The maximum absolute atomic E-state index is 12.1. The van der Waals surface area contributed by atoms with Gasteiger partial charge in [0, 0.05) is 34.4 Å². The monoisotopic (exact) mass is 482 g/mol. The Morgan fingerprint density at radius 2 is 1.14 bits per heavy atom. The van der Waals surface area contributed by atoms with Gasteiger partial charge in [0.25, 0.3) is 11.4 Å². The fourth-order valence-electron chi connectivity index (χ4n) is 3.16. The third-order valence-corrected chi connectivity index (χ3v) is 5.18. The second-order valence-electron chi connectivity index (χ2n) is 7.55. The molecule has 0 spiro atoms. The highest BCUT2D eigenvalue weighted by atomic mass is 16.6. The van der Waals surface area contributed by atoms with E-state index in [1.807, 2.05) is 13.8 Å². The summed E-state index contributed by atoms with van der Waals surface area (Å²) < 4.78 is 0. The molecule has 0 radical (unpaired) electrons. The molecule has 0 saturated heterocycles. The molecule has 0 aliphatic rings. The summed E-state index contributed by atoms with van der Waals surface area (Å²) in [5.74, 6) is -1.42. The Morgan fingerprint density at radius 1 is 0.771 bits per heavy atom. The van der Waals surface area contributed by atoms with Crippen molar-refractivity contribution < 1.29 is 19.4 Å². The third-order valence-electron chi connectivity index (χ3n) is 5.18. The minimum absolute atomic E-state index is 0.0341. The second kappa shape index (κ2) is 12.1. The number of benzene rings is 2. The average molecular weight is 482 g/mol. The van der Waals surface area contributed by atoms with Crippen LogP contribution in [0.1, 0.15) is 56.4 Å². The highest BCUT2D eigenvalue weighted by Crippen LogP contribution is 2.22. The molecule has 12 nitrogen and oxygen atoms in total. The highest BCUT2D eigenvalue weighted by molar-refractivity contribution is 6.02. The van der Waals surface area contributed by atoms with Crippen LogP contribution < -0.4 is 10.9 Å². The lowest BCUT2D eigenvalue weighted by Gasteiger charge is -2.06. The topological polar surface area (TPSA) is 169 Å². The van der Waals surface area contributed by atoms with Crippen LogP contribution in [0.5, 0.6) is 0 Å². The van der Waals surface area contributed by atoms with Crippen molar-refractivity contribution in [3.05, 3.63) is 78.9 Å². The van der Waals surface area contributed by atoms with Gasteiger partial charge >= 0.3 is 0 Å². The van der Waals surface area contributed by atoms with Crippen LogP contribution in [0.4, 0.5) is 11.4 Å². The van der Waals surface area contributed by atoms with E-state index >= 15 is 0 Å². The van der Waals surface area contributed by atoms with Crippen LogP contribution in [0.25, 0.3) is 0 Å². The van der Waals surface area contributed by atoms with Gasteiger partial charge in [-0.3, -0.25) is 29.8 Å². The lowest BCUT2D eigenvalue weighted by atomic mass is 10.0. The molecule has 184 valence electrons. The van der Waals surface area contributed by atoms with Crippen LogP contribution in [0.15, 0.2) is 46.6 Å². The quantitative estimate of drug-likeness (QED) is 0.227. The number of rotatable bonds is 10. The van der Waals surface area contributed by atoms with Crippen molar-refractivity contribution in [1.82, 2.24) is 10.9 Å². The Balaban J connectivity index is 2.00. The molecule has 12 heteroatoms. The Kier molecular flexibility index (Phi) is 9.27. The molecule has 0 aromatic heterocycles. The minimum Gasteiger partial charge on any atom is -0.273 e. The molecule has 0 bridgehead atoms. The van der Waals surface area contributed by atoms with Gasteiger partial charge in [-0.15, -0.1) is 0 Å². The Hall–Kier alpha value is -4.48. The second-order valence-corrected chi connectivity index (χ2v) is 7.55. The molecule has 0 atom stereocenters. The third kappa shape index (κ3) is 7.25. The van der Waals surface area contributed by atoms with Crippen LogP contribution in [-0.2, 0) is 22.4 Å². The Bertz CT molecular complexity index is 1130. The zero-order chi connectivity index (χ0) is 26.1. The standard InChI is InChI=1S/C23H26N6O6/c1-5-16-7-9-18(11-20(16)28(32)33)14(3)24-26-22(30)13-23(31)27-25-15(4)19-10-8-17(6-2)21(12-19)29(34)35/h7-12H,5-6,13H2,1-4H3,(H,26,30)(H,27,31)/b24-14+,25-15+. The first-order valence-corrected chi connectivity index (χ1v) is 10.8. The zero-order valence-corrected chi connectivity index (χ0v) is 19.8. The first kappa shape index (κ1) is 26.8. The van der Waals surface area contributed by atoms with Gasteiger partial charge in [-0.05, 0) is 26.7 Å². The van der Waals surface area contributed by atoms with Crippen molar-refractivity contribution in [2.45, 2.75) is 47.0 Å². The molecule has 0 fully saturated rings. The number of nitro benzene ring substituents is 2. The molecule has 0 unspecified atom stereocenters. The number of carbonyl (C=O) groups is 2. The molecule has 2 aromatic rings. The predicted molar refractivity (Wildman–Crippen MR) is 130 cm³/mol. The van der Waals surface area contributed by atoms with Crippen molar-refractivity contribution in [2.75, 3.05) is 0 Å². The molecule has 0 aliphatic carbocycles. The van der Waals surface area contributed by atoms with Gasteiger partial charge < -0.3 is 0 Å². The molecular weight excluding hydrogens is 456 g/mol. The number of amides is 2. The van der Waals surface area contributed by atoms with Crippen LogP contribution in [0, 0.1) is 20.2 Å². The number of hydrogen-bond acceptors (Lipinski definition) is 8. The summed E-state index contributed by atoms with van der Waals surface area (Å²) in [5.41, 5.74) is 7.15. The summed E-state index contributed by atoms with van der Waals surface area (Å²) in [4.78, 5) is 45.6. The molecule has 2 aromatic carbocycles. The number of hydrogen-bond donors (Lipinski definition) is 2. The molecule has 0 saturated carbocycles. The highest BCUT2D eigenvalue weighted by Gasteiger charge is 2.16. The molecule has 2 amide bonds. The van der Waals surface area contributed by atoms with Gasteiger partial charge in [-0.25, -0.2) is 10.9 Å². The zero-order valence-electron chi connectivity index (χ0n) is 19.8. The fourth-order valence-corrected chi connectivity index (χ4v) is 3.16. The number of nitrogens with one attached hydrogen (secondary N) is 2. The van der Waals surface area contributed by atoms with Crippen molar-refractivity contribution in [1.29, 1.82) is 0 Å². The molecule has 0 aliphatic heterocycles. The molecule has 2 N–H and O–H groups in total. The summed E-state index contributed by atoms with van der Waals surface area (Å²) in [5, 5.41) is 30.3. The maximum Gasteiger partial charge on any atom is 0.273 e. The van der Waals surface area contributed by atoms with E-state index in [9.17, 15) is 29.8 Å². The average Bonchev–Trinajstić information content (AvgIpc) is 2.84. The van der Waals surface area contributed by atoms with E-state index in [0.29, 0.717) is 46.5 Å². The van der Waals surface area contributed by atoms with E-state index < -0.39 is 28.1 Å². The van der Waals surface area contributed by atoms with Crippen molar-refractivity contribution >= 4 is 34.6 Å². The lowest BCUT2D eigenvalue weighted by Crippen LogP contribution is -2.28.